The number of rotatable bonds is 4. The first-order valence-electron chi connectivity index (χ1n) is 5.85. The van der Waals surface area contributed by atoms with Crippen LogP contribution >= 0.6 is 0 Å². The Labute approximate surface area is 100 Å². The second kappa shape index (κ2) is 5.04. The van der Waals surface area contributed by atoms with E-state index in [0.717, 1.165) is 30.2 Å². The molecule has 0 aliphatic carbocycles. The Morgan fingerprint density at radius 1 is 1.29 bits per heavy atom. The third-order valence-corrected chi connectivity index (χ3v) is 2.84. The highest BCUT2D eigenvalue weighted by atomic mass is 16.5. The fraction of sp³-hybridized carbons (Fsp3) is 0.357. The lowest BCUT2D eigenvalue weighted by atomic mass is 10.0. The van der Waals surface area contributed by atoms with Crippen LogP contribution in [0.5, 0.6) is 5.75 Å². The second-order valence-electron chi connectivity index (χ2n) is 4.06. The summed E-state index contributed by atoms with van der Waals surface area (Å²) in [6, 6.07) is 7.18. The maximum absolute atomic E-state index is 11.5. The van der Waals surface area contributed by atoms with Crippen LogP contribution < -0.4 is 10.4 Å². The van der Waals surface area contributed by atoms with E-state index in [4.69, 9.17) is 9.15 Å². The molecule has 0 radical (unpaired) electrons. The topological polar surface area (TPSA) is 39.4 Å². The molecule has 2 aromatic rings. The molecule has 0 N–H and O–H groups in total. The van der Waals surface area contributed by atoms with E-state index in [0.29, 0.717) is 11.3 Å². The first-order valence-corrected chi connectivity index (χ1v) is 5.85. The van der Waals surface area contributed by atoms with Crippen LogP contribution in [0.2, 0.25) is 0 Å². The van der Waals surface area contributed by atoms with Crippen LogP contribution in [-0.2, 0) is 6.42 Å². The van der Waals surface area contributed by atoms with Crippen molar-refractivity contribution < 1.29 is 9.15 Å². The first kappa shape index (κ1) is 11.7. The Kier molecular flexibility index (Phi) is 3.47. The van der Waals surface area contributed by atoms with Crippen molar-refractivity contribution in [3.05, 3.63) is 40.2 Å². The van der Waals surface area contributed by atoms with Crippen molar-refractivity contribution in [2.45, 2.75) is 26.2 Å². The molecular formula is C14H16O3. The average molecular weight is 232 g/mol. The maximum atomic E-state index is 11.5. The molecule has 17 heavy (non-hydrogen) atoms. The number of ether oxygens (including phenoxy) is 1. The predicted octanol–water partition coefficient (Wildman–Crippen LogP) is 3.14. The highest BCUT2D eigenvalue weighted by Crippen LogP contribution is 2.23. The minimum Gasteiger partial charge on any atom is -0.497 e. The summed E-state index contributed by atoms with van der Waals surface area (Å²) in [5, 5.41) is 0.999. The highest BCUT2D eigenvalue weighted by molar-refractivity contribution is 5.81. The third kappa shape index (κ3) is 2.49. The van der Waals surface area contributed by atoms with Crippen molar-refractivity contribution in [1.29, 1.82) is 0 Å². The van der Waals surface area contributed by atoms with E-state index in [9.17, 15) is 4.79 Å². The van der Waals surface area contributed by atoms with Gasteiger partial charge in [0, 0.05) is 17.5 Å². The van der Waals surface area contributed by atoms with Crippen molar-refractivity contribution in [2.24, 2.45) is 0 Å². The number of methoxy groups -OCH3 is 1. The van der Waals surface area contributed by atoms with Crippen LogP contribution in [0.4, 0.5) is 0 Å². The third-order valence-electron chi connectivity index (χ3n) is 2.84. The monoisotopic (exact) mass is 232 g/mol. The van der Waals surface area contributed by atoms with Crippen LogP contribution in [0, 0.1) is 0 Å². The molecule has 1 aromatic carbocycles. The van der Waals surface area contributed by atoms with Gasteiger partial charge in [0.2, 0.25) is 0 Å². The average Bonchev–Trinajstić information content (AvgIpc) is 2.34. The molecule has 1 aromatic heterocycles. The van der Waals surface area contributed by atoms with E-state index in [1.807, 2.05) is 12.1 Å². The largest absolute Gasteiger partial charge is 0.497 e. The molecule has 0 aliphatic rings. The molecule has 3 nitrogen and oxygen atoms in total. The molecule has 1 heterocycles. The van der Waals surface area contributed by atoms with Crippen molar-refractivity contribution >= 4 is 11.0 Å². The number of unbranched alkanes of at least 4 members (excludes halogenated alkanes) is 1. The summed E-state index contributed by atoms with van der Waals surface area (Å²) in [7, 11) is 1.60. The summed E-state index contributed by atoms with van der Waals surface area (Å²) in [5.41, 5.74) is 1.36. The SMILES string of the molecule is CCCCc1cc(=O)oc2cc(OC)ccc12. The molecule has 2 rings (SSSR count). The van der Waals surface area contributed by atoms with Crippen molar-refractivity contribution in [3.8, 4) is 5.75 Å². The summed E-state index contributed by atoms with van der Waals surface area (Å²) in [6.45, 7) is 2.14. The van der Waals surface area contributed by atoms with E-state index in [1.165, 1.54) is 0 Å². The number of hydrogen-bond donors (Lipinski definition) is 0. The van der Waals surface area contributed by atoms with E-state index >= 15 is 0 Å². The zero-order chi connectivity index (χ0) is 12.3. The number of hydrogen-bond acceptors (Lipinski definition) is 3. The van der Waals surface area contributed by atoms with Gasteiger partial charge in [0.15, 0.2) is 0 Å². The van der Waals surface area contributed by atoms with Crippen LogP contribution in [0.3, 0.4) is 0 Å². The van der Waals surface area contributed by atoms with Crippen molar-refractivity contribution in [3.63, 3.8) is 0 Å². The minimum absolute atomic E-state index is 0.295. The van der Waals surface area contributed by atoms with Crippen LogP contribution in [0.1, 0.15) is 25.3 Å². The summed E-state index contributed by atoms with van der Waals surface area (Å²) in [6.07, 6.45) is 3.09. The molecule has 0 fully saturated rings. The normalized spacial score (nSPS) is 10.7. The molecule has 0 aliphatic heterocycles. The molecule has 0 amide bonds. The van der Waals surface area contributed by atoms with Crippen molar-refractivity contribution in [2.75, 3.05) is 7.11 Å². The van der Waals surface area contributed by atoms with Crippen molar-refractivity contribution in [1.82, 2.24) is 0 Å². The van der Waals surface area contributed by atoms with Gasteiger partial charge in [-0.2, -0.15) is 0 Å². The highest BCUT2D eigenvalue weighted by Gasteiger charge is 2.06. The Balaban J connectivity index is 2.55. The predicted molar refractivity (Wildman–Crippen MR) is 67.6 cm³/mol. The fourth-order valence-electron chi connectivity index (χ4n) is 1.91. The number of aryl methyl sites for hydroxylation is 1. The molecule has 3 heteroatoms. The lowest BCUT2D eigenvalue weighted by Gasteiger charge is -2.06. The smallest absolute Gasteiger partial charge is 0.336 e. The molecule has 0 atom stereocenters. The summed E-state index contributed by atoms with van der Waals surface area (Å²) >= 11 is 0. The minimum atomic E-state index is -0.295. The first-order chi connectivity index (χ1) is 8.24. The number of benzene rings is 1. The lowest BCUT2D eigenvalue weighted by Crippen LogP contribution is -2.01. The van der Waals surface area contributed by atoms with Gasteiger partial charge in [-0.15, -0.1) is 0 Å². The van der Waals surface area contributed by atoms with Gasteiger partial charge in [0.05, 0.1) is 7.11 Å². The lowest BCUT2D eigenvalue weighted by molar-refractivity contribution is 0.414. The summed E-state index contributed by atoms with van der Waals surface area (Å²) in [5.74, 6) is 0.702. The van der Waals surface area contributed by atoms with Gasteiger partial charge in [-0.25, -0.2) is 4.79 Å². The van der Waals surface area contributed by atoms with Gasteiger partial charge in [-0.05, 0) is 30.5 Å². The van der Waals surface area contributed by atoms with Gasteiger partial charge in [0.25, 0.3) is 0 Å². The molecule has 0 spiro atoms. The zero-order valence-corrected chi connectivity index (χ0v) is 10.2. The Bertz CT molecular complexity index is 569. The Hall–Kier alpha value is -1.77. The summed E-state index contributed by atoms with van der Waals surface area (Å²) in [4.78, 5) is 11.5. The molecule has 0 saturated carbocycles. The van der Waals surface area contributed by atoms with Crippen LogP contribution in [0.25, 0.3) is 11.0 Å². The molecule has 0 unspecified atom stereocenters. The van der Waals surface area contributed by atoms with Gasteiger partial charge in [-0.3, -0.25) is 0 Å². The second-order valence-corrected chi connectivity index (χ2v) is 4.06. The summed E-state index contributed by atoms with van der Waals surface area (Å²) < 4.78 is 10.3. The Morgan fingerprint density at radius 2 is 2.12 bits per heavy atom. The van der Waals surface area contributed by atoms with Gasteiger partial charge in [0.1, 0.15) is 11.3 Å². The fourth-order valence-corrected chi connectivity index (χ4v) is 1.91. The van der Waals surface area contributed by atoms with Gasteiger partial charge >= 0.3 is 5.63 Å². The standard InChI is InChI=1S/C14H16O3/c1-3-4-5-10-8-14(15)17-13-9-11(16-2)6-7-12(10)13/h6-9H,3-5H2,1-2H3. The quantitative estimate of drug-likeness (QED) is 0.760. The molecular weight excluding hydrogens is 216 g/mol. The molecule has 0 bridgehead atoms. The van der Waals surface area contributed by atoms with Crippen LogP contribution in [-0.4, -0.2) is 7.11 Å². The van der Waals surface area contributed by atoms with Crippen LogP contribution in [0.15, 0.2) is 33.5 Å². The molecule has 90 valence electrons. The van der Waals surface area contributed by atoms with Gasteiger partial charge in [-0.1, -0.05) is 13.3 Å². The zero-order valence-electron chi connectivity index (χ0n) is 10.2. The van der Waals surface area contributed by atoms with E-state index in [-0.39, 0.29) is 5.63 Å². The Morgan fingerprint density at radius 3 is 2.82 bits per heavy atom. The number of fused-ring (bicyclic) bond motifs is 1. The van der Waals surface area contributed by atoms with E-state index in [1.54, 1.807) is 19.2 Å². The van der Waals surface area contributed by atoms with E-state index in [2.05, 4.69) is 6.92 Å². The van der Waals surface area contributed by atoms with E-state index < -0.39 is 0 Å². The maximum Gasteiger partial charge on any atom is 0.336 e. The molecule has 0 saturated heterocycles. The van der Waals surface area contributed by atoms with Gasteiger partial charge < -0.3 is 9.15 Å².